The highest BCUT2D eigenvalue weighted by atomic mass is 32.2. The molecule has 3 atom stereocenters. The predicted molar refractivity (Wildman–Crippen MR) is 79.8 cm³/mol. The lowest BCUT2D eigenvalue weighted by Crippen LogP contribution is -2.46. The summed E-state index contributed by atoms with van der Waals surface area (Å²) in [5, 5.41) is 2.83. The zero-order valence-corrected chi connectivity index (χ0v) is 13.1. The molecule has 1 saturated carbocycles. The average Bonchev–Trinajstić information content (AvgIpc) is 2.47. The Bertz CT molecular complexity index is 539. The monoisotopic (exact) mass is 297 g/mol. The van der Waals surface area contributed by atoms with Gasteiger partial charge in [-0.1, -0.05) is 6.92 Å². The lowest BCUT2D eigenvalue weighted by Gasteiger charge is -2.34. The zero-order valence-electron chi connectivity index (χ0n) is 12.3. The standard InChI is InChI=1S/C15H23NO3S/c1-11-4-9-14(16-2)15(10-11)20(17,18)13-7-5-12(19-3)6-8-13/h5-8,11,14-16H,4,9-10H2,1-3H3. The second-order valence-corrected chi connectivity index (χ2v) is 7.74. The maximum Gasteiger partial charge on any atom is 0.182 e. The molecule has 1 aliphatic rings. The minimum atomic E-state index is -3.30. The largest absolute Gasteiger partial charge is 0.497 e. The van der Waals surface area contributed by atoms with Crippen molar-refractivity contribution >= 4 is 9.84 Å². The second kappa shape index (κ2) is 6.14. The summed E-state index contributed by atoms with van der Waals surface area (Å²) >= 11 is 0. The topological polar surface area (TPSA) is 55.4 Å². The number of ether oxygens (including phenoxy) is 1. The van der Waals surface area contributed by atoms with Gasteiger partial charge in [0.05, 0.1) is 17.3 Å². The van der Waals surface area contributed by atoms with E-state index in [0.29, 0.717) is 16.6 Å². The van der Waals surface area contributed by atoms with Crippen LogP contribution in [0.3, 0.4) is 0 Å². The summed E-state index contributed by atoms with van der Waals surface area (Å²) in [5.74, 6) is 1.13. The molecule has 1 aromatic carbocycles. The number of methoxy groups -OCH3 is 1. The molecule has 1 N–H and O–H groups in total. The molecule has 0 spiro atoms. The summed E-state index contributed by atoms with van der Waals surface area (Å²) in [4.78, 5) is 0.387. The molecule has 5 heteroatoms. The van der Waals surface area contributed by atoms with Gasteiger partial charge in [-0.05, 0) is 56.5 Å². The van der Waals surface area contributed by atoms with Gasteiger partial charge in [0.2, 0.25) is 0 Å². The van der Waals surface area contributed by atoms with Gasteiger partial charge in [-0.15, -0.1) is 0 Å². The van der Waals surface area contributed by atoms with Gasteiger partial charge < -0.3 is 10.1 Å². The number of sulfone groups is 1. The van der Waals surface area contributed by atoms with E-state index < -0.39 is 9.84 Å². The number of hydrogen-bond acceptors (Lipinski definition) is 4. The first-order valence-electron chi connectivity index (χ1n) is 7.04. The van der Waals surface area contributed by atoms with Crippen LogP contribution in [0.25, 0.3) is 0 Å². The Morgan fingerprint density at radius 3 is 2.40 bits per heavy atom. The smallest absolute Gasteiger partial charge is 0.182 e. The van der Waals surface area contributed by atoms with E-state index in [9.17, 15) is 8.42 Å². The Balaban J connectivity index is 2.31. The summed E-state index contributed by atoms with van der Waals surface area (Å²) in [6.45, 7) is 2.13. The van der Waals surface area contributed by atoms with Gasteiger partial charge in [-0.3, -0.25) is 0 Å². The number of rotatable bonds is 4. The van der Waals surface area contributed by atoms with E-state index in [4.69, 9.17) is 4.74 Å². The molecule has 1 fully saturated rings. The molecular weight excluding hydrogens is 274 g/mol. The number of nitrogens with one attached hydrogen (secondary N) is 1. The van der Waals surface area contributed by atoms with Crippen LogP contribution in [0.1, 0.15) is 26.2 Å². The van der Waals surface area contributed by atoms with Crippen LogP contribution in [0, 0.1) is 5.92 Å². The number of hydrogen-bond donors (Lipinski definition) is 1. The van der Waals surface area contributed by atoms with Crippen molar-refractivity contribution in [1.29, 1.82) is 0 Å². The molecule has 0 aliphatic heterocycles. The van der Waals surface area contributed by atoms with Crippen molar-refractivity contribution in [2.24, 2.45) is 5.92 Å². The minimum Gasteiger partial charge on any atom is -0.497 e. The summed E-state index contributed by atoms with van der Waals surface area (Å²) in [5.41, 5.74) is 0. The molecule has 0 heterocycles. The molecule has 3 unspecified atom stereocenters. The fraction of sp³-hybridized carbons (Fsp3) is 0.600. The lowest BCUT2D eigenvalue weighted by atomic mass is 9.87. The molecule has 20 heavy (non-hydrogen) atoms. The summed E-state index contributed by atoms with van der Waals surface area (Å²) < 4.78 is 30.7. The third-order valence-electron chi connectivity index (χ3n) is 4.21. The third kappa shape index (κ3) is 2.99. The molecule has 1 aliphatic carbocycles. The molecular formula is C15H23NO3S. The maximum absolute atomic E-state index is 12.8. The van der Waals surface area contributed by atoms with Crippen molar-refractivity contribution in [2.45, 2.75) is 42.4 Å². The minimum absolute atomic E-state index is 0.0401. The van der Waals surface area contributed by atoms with Gasteiger partial charge >= 0.3 is 0 Å². The summed E-state index contributed by atoms with van der Waals surface area (Å²) in [6, 6.07) is 6.72. The van der Waals surface area contributed by atoms with Crippen LogP contribution in [0.4, 0.5) is 0 Å². The Hall–Kier alpha value is -1.07. The summed E-state index contributed by atoms with van der Waals surface area (Å²) in [6.07, 6.45) is 2.72. The molecule has 0 aromatic heterocycles. The Kier molecular flexibility index (Phi) is 4.70. The van der Waals surface area contributed by atoms with Crippen LogP contribution in [-0.4, -0.2) is 33.9 Å². The van der Waals surface area contributed by atoms with Crippen LogP contribution < -0.4 is 10.1 Å². The van der Waals surface area contributed by atoms with Crippen molar-refractivity contribution in [3.63, 3.8) is 0 Å². The van der Waals surface area contributed by atoms with Gasteiger partial charge in [-0.2, -0.15) is 0 Å². The average molecular weight is 297 g/mol. The van der Waals surface area contributed by atoms with Crippen molar-refractivity contribution in [3.8, 4) is 5.75 Å². The van der Waals surface area contributed by atoms with Crippen LogP contribution in [0.15, 0.2) is 29.2 Å². The van der Waals surface area contributed by atoms with E-state index in [2.05, 4.69) is 12.2 Å². The fourth-order valence-corrected chi connectivity index (χ4v) is 5.09. The highest BCUT2D eigenvalue weighted by Gasteiger charge is 2.37. The SMILES string of the molecule is CNC1CCC(C)CC1S(=O)(=O)c1ccc(OC)cc1. The first kappa shape index (κ1) is 15.3. The van der Waals surface area contributed by atoms with Crippen molar-refractivity contribution in [1.82, 2.24) is 5.32 Å². The predicted octanol–water partition coefficient (Wildman–Crippen LogP) is 2.25. The van der Waals surface area contributed by atoms with E-state index in [1.807, 2.05) is 7.05 Å². The zero-order chi connectivity index (χ0) is 14.8. The summed E-state index contributed by atoms with van der Waals surface area (Å²) in [7, 11) is 0.118. The van der Waals surface area contributed by atoms with Crippen molar-refractivity contribution < 1.29 is 13.2 Å². The second-order valence-electron chi connectivity index (χ2n) is 5.57. The molecule has 0 amide bonds. The molecule has 112 valence electrons. The highest BCUT2D eigenvalue weighted by Crippen LogP contribution is 2.32. The van der Waals surface area contributed by atoms with Crippen molar-refractivity contribution in [3.05, 3.63) is 24.3 Å². The van der Waals surface area contributed by atoms with Crippen molar-refractivity contribution in [2.75, 3.05) is 14.2 Å². The van der Waals surface area contributed by atoms with Gasteiger partial charge in [0, 0.05) is 6.04 Å². The Labute approximate surface area is 121 Å². The maximum atomic E-state index is 12.8. The van der Waals surface area contributed by atoms with E-state index in [-0.39, 0.29) is 11.3 Å². The van der Waals surface area contributed by atoms with E-state index in [1.165, 1.54) is 0 Å². The molecule has 0 radical (unpaired) electrons. The van der Waals surface area contributed by atoms with Gasteiger partial charge in [0.1, 0.15) is 5.75 Å². The fourth-order valence-electron chi connectivity index (χ4n) is 2.94. The molecule has 0 saturated heterocycles. The van der Waals surface area contributed by atoms with Crippen LogP contribution >= 0.6 is 0 Å². The van der Waals surface area contributed by atoms with E-state index in [0.717, 1.165) is 19.3 Å². The first-order chi connectivity index (χ1) is 9.48. The van der Waals surface area contributed by atoms with E-state index in [1.54, 1.807) is 31.4 Å². The Morgan fingerprint density at radius 1 is 1.20 bits per heavy atom. The molecule has 2 rings (SSSR count). The Morgan fingerprint density at radius 2 is 1.85 bits per heavy atom. The van der Waals surface area contributed by atoms with Crippen LogP contribution in [0.2, 0.25) is 0 Å². The molecule has 1 aromatic rings. The van der Waals surface area contributed by atoms with Gasteiger partial charge in [0.25, 0.3) is 0 Å². The van der Waals surface area contributed by atoms with E-state index >= 15 is 0 Å². The first-order valence-corrected chi connectivity index (χ1v) is 8.59. The van der Waals surface area contributed by atoms with Crippen LogP contribution in [-0.2, 0) is 9.84 Å². The molecule has 4 nitrogen and oxygen atoms in total. The third-order valence-corrected chi connectivity index (χ3v) is 6.46. The van der Waals surface area contributed by atoms with Crippen LogP contribution in [0.5, 0.6) is 5.75 Å². The van der Waals surface area contributed by atoms with Gasteiger partial charge in [0.15, 0.2) is 9.84 Å². The quantitative estimate of drug-likeness (QED) is 0.926. The number of benzene rings is 1. The normalized spacial score (nSPS) is 27.2. The highest BCUT2D eigenvalue weighted by molar-refractivity contribution is 7.92. The lowest BCUT2D eigenvalue weighted by molar-refractivity contribution is 0.319. The molecule has 0 bridgehead atoms. The van der Waals surface area contributed by atoms with Gasteiger partial charge in [-0.25, -0.2) is 8.42 Å².